The molecule has 4 nitrogen and oxygen atoms in total. The van der Waals surface area contributed by atoms with E-state index >= 15 is 0 Å². The molecule has 1 rings (SSSR count). The van der Waals surface area contributed by atoms with Crippen molar-refractivity contribution in [3.63, 3.8) is 0 Å². The van der Waals surface area contributed by atoms with E-state index in [0.717, 1.165) is 13.0 Å². The average Bonchev–Trinajstić information content (AvgIpc) is 2.50. The van der Waals surface area contributed by atoms with Crippen molar-refractivity contribution in [1.82, 2.24) is 10.4 Å². The van der Waals surface area contributed by atoms with Gasteiger partial charge in [-0.3, -0.25) is 0 Å². The van der Waals surface area contributed by atoms with Crippen molar-refractivity contribution in [1.29, 1.82) is 0 Å². The first-order valence-corrected chi connectivity index (χ1v) is 4.62. The highest BCUT2D eigenvalue weighted by atomic mass is 16.4. The quantitative estimate of drug-likeness (QED) is 0.683. The first-order chi connectivity index (χ1) is 6.14. The molecule has 0 aromatic heterocycles. The van der Waals surface area contributed by atoms with Crippen LogP contribution >= 0.6 is 0 Å². The highest BCUT2D eigenvalue weighted by Crippen LogP contribution is 2.21. The second-order valence-corrected chi connectivity index (χ2v) is 3.24. The van der Waals surface area contributed by atoms with Crippen LogP contribution in [-0.4, -0.2) is 28.2 Å². The molecule has 2 N–H and O–H groups in total. The molecule has 13 heavy (non-hydrogen) atoms. The Bertz CT molecular complexity index is 228. The lowest BCUT2D eigenvalue weighted by molar-refractivity contribution is -0.144. The molecule has 4 heteroatoms. The Morgan fingerprint density at radius 2 is 2.31 bits per heavy atom. The number of hydrogen-bond donors (Lipinski definition) is 2. The number of carboxylic acids is 1. The molecule has 0 radical (unpaired) electrons. The summed E-state index contributed by atoms with van der Waals surface area (Å²) in [4.78, 5) is 11.0. The van der Waals surface area contributed by atoms with E-state index in [1.807, 2.05) is 13.8 Å². The zero-order valence-electron chi connectivity index (χ0n) is 8.08. The molecule has 1 unspecified atom stereocenters. The summed E-state index contributed by atoms with van der Waals surface area (Å²) in [7, 11) is 0. The van der Waals surface area contributed by atoms with Crippen molar-refractivity contribution in [3.05, 3.63) is 12.3 Å². The topological polar surface area (TPSA) is 52.6 Å². The zero-order valence-corrected chi connectivity index (χ0v) is 8.08. The van der Waals surface area contributed by atoms with E-state index in [9.17, 15) is 4.79 Å². The summed E-state index contributed by atoms with van der Waals surface area (Å²) in [5.74, 6) is -0.804. The number of nitrogens with one attached hydrogen (secondary N) is 1. The SMILES string of the molecule is CCCC1(C(=O)O)C=CN(CC)N1. The molecule has 1 aliphatic heterocycles. The molecule has 0 aromatic carbocycles. The van der Waals surface area contributed by atoms with Crippen LogP contribution in [0.15, 0.2) is 12.3 Å². The third kappa shape index (κ3) is 1.83. The van der Waals surface area contributed by atoms with Crippen LogP contribution in [0.1, 0.15) is 26.7 Å². The van der Waals surface area contributed by atoms with E-state index in [1.54, 1.807) is 17.3 Å². The minimum atomic E-state index is -0.870. The zero-order chi connectivity index (χ0) is 9.90. The number of carboxylic acid groups (broad SMARTS) is 1. The largest absolute Gasteiger partial charge is 0.480 e. The number of nitrogens with zero attached hydrogens (tertiary/aromatic N) is 1. The molecule has 0 saturated carbocycles. The highest BCUT2D eigenvalue weighted by molar-refractivity contribution is 5.81. The lowest BCUT2D eigenvalue weighted by atomic mass is 9.96. The van der Waals surface area contributed by atoms with E-state index in [0.29, 0.717) is 6.42 Å². The van der Waals surface area contributed by atoms with Gasteiger partial charge in [0, 0.05) is 12.7 Å². The van der Waals surface area contributed by atoms with E-state index in [4.69, 9.17) is 5.11 Å². The molecule has 1 heterocycles. The summed E-state index contributed by atoms with van der Waals surface area (Å²) in [6, 6.07) is 0. The van der Waals surface area contributed by atoms with Gasteiger partial charge in [-0.05, 0) is 19.4 Å². The standard InChI is InChI=1S/C9H16N2O2/c1-3-5-9(8(12)13)6-7-11(4-2)10-9/h6-7,10H,3-5H2,1-2H3,(H,12,13). The number of rotatable bonds is 4. The number of hydrazine groups is 1. The highest BCUT2D eigenvalue weighted by Gasteiger charge is 2.39. The summed E-state index contributed by atoms with van der Waals surface area (Å²) in [5, 5.41) is 10.9. The van der Waals surface area contributed by atoms with Crippen molar-refractivity contribution in [2.24, 2.45) is 0 Å². The summed E-state index contributed by atoms with van der Waals surface area (Å²) in [6.07, 6.45) is 4.99. The van der Waals surface area contributed by atoms with Gasteiger partial charge in [0.1, 0.15) is 0 Å². The lowest BCUT2D eigenvalue weighted by Crippen LogP contribution is -2.52. The normalized spacial score (nSPS) is 26.8. The van der Waals surface area contributed by atoms with Crippen LogP contribution in [0.5, 0.6) is 0 Å². The number of aliphatic carboxylic acids is 1. The van der Waals surface area contributed by atoms with Gasteiger partial charge in [-0.25, -0.2) is 10.2 Å². The smallest absolute Gasteiger partial charge is 0.329 e. The predicted octanol–water partition coefficient (Wildman–Crippen LogP) is 0.964. The number of carbonyl (C=O) groups is 1. The molecule has 0 bridgehead atoms. The fraction of sp³-hybridized carbons (Fsp3) is 0.667. The maximum absolute atomic E-state index is 11.0. The first kappa shape index (κ1) is 10.1. The Hall–Kier alpha value is -1.03. The van der Waals surface area contributed by atoms with Crippen molar-refractivity contribution in [3.8, 4) is 0 Å². The van der Waals surface area contributed by atoms with Crippen molar-refractivity contribution in [2.45, 2.75) is 32.2 Å². The molecule has 0 aromatic rings. The van der Waals surface area contributed by atoms with Crippen LogP contribution in [-0.2, 0) is 4.79 Å². The van der Waals surface area contributed by atoms with Gasteiger partial charge in [-0.15, -0.1) is 0 Å². The Kier molecular flexibility index (Phi) is 2.93. The van der Waals surface area contributed by atoms with Gasteiger partial charge in [0.05, 0.1) is 0 Å². The summed E-state index contributed by atoms with van der Waals surface area (Å²) >= 11 is 0. The monoisotopic (exact) mass is 184 g/mol. The van der Waals surface area contributed by atoms with Crippen molar-refractivity contribution < 1.29 is 9.90 Å². The third-order valence-electron chi connectivity index (χ3n) is 2.25. The van der Waals surface area contributed by atoms with Crippen LogP contribution < -0.4 is 5.43 Å². The second kappa shape index (κ2) is 3.79. The van der Waals surface area contributed by atoms with E-state index < -0.39 is 11.5 Å². The van der Waals surface area contributed by atoms with E-state index in [1.165, 1.54) is 0 Å². The number of hydrogen-bond acceptors (Lipinski definition) is 3. The van der Waals surface area contributed by atoms with E-state index in [-0.39, 0.29) is 0 Å². The molecule has 1 atom stereocenters. The van der Waals surface area contributed by atoms with Gasteiger partial charge in [0.2, 0.25) is 0 Å². The fourth-order valence-corrected chi connectivity index (χ4v) is 1.49. The third-order valence-corrected chi connectivity index (χ3v) is 2.25. The molecule has 0 amide bonds. The second-order valence-electron chi connectivity index (χ2n) is 3.24. The lowest BCUT2D eigenvalue weighted by Gasteiger charge is -2.26. The Balaban J connectivity index is 2.73. The van der Waals surface area contributed by atoms with Gasteiger partial charge >= 0.3 is 5.97 Å². The Labute approximate surface area is 78.2 Å². The van der Waals surface area contributed by atoms with Crippen LogP contribution in [0.2, 0.25) is 0 Å². The van der Waals surface area contributed by atoms with Gasteiger partial charge < -0.3 is 10.1 Å². The molecule has 1 aliphatic rings. The first-order valence-electron chi connectivity index (χ1n) is 4.62. The van der Waals surface area contributed by atoms with Gasteiger partial charge in [0.15, 0.2) is 5.54 Å². The average molecular weight is 184 g/mol. The minimum absolute atomic E-state index is 0.620. The summed E-state index contributed by atoms with van der Waals surface area (Å²) in [5.41, 5.74) is 2.11. The minimum Gasteiger partial charge on any atom is -0.480 e. The molecule has 0 spiro atoms. The Morgan fingerprint density at radius 3 is 2.69 bits per heavy atom. The molecule has 0 saturated heterocycles. The van der Waals surface area contributed by atoms with Crippen LogP contribution in [0.3, 0.4) is 0 Å². The molecule has 0 fully saturated rings. The van der Waals surface area contributed by atoms with Crippen molar-refractivity contribution in [2.75, 3.05) is 6.54 Å². The molecular formula is C9H16N2O2. The molecular weight excluding hydrogens is 168 g/mol. The summed E-state index contributed by atoms with van der Waals surface area (Å²) in [6.45, 7) is 4.73. The molecule has 0 aliphatic carbocycles. The fourth-order valence-electron chi connectivity index (χ4n) is 1.49. The summed E-state index contributed by atoms with van der Waals surface area (Å²) < 4.78 is 0. The van der Waals surface area contributed by atoms with E-state index in [2.05, 4.69) is 5.43 Å². The van der Waals surface area contributed by atoms with Crippen LogP contribution in [0.4, 0.5) is 0 Å². The Morgan fingerprint density at radius 1 is 1.62 bits per heavy atom. The van der Waals surface area contributed by atoms with Gasteiger partial charge in [-0.2, -0.15) is 0 Å². The van der Waals surface area contributed by atoms with Crippen LogP contribution in [0, 0.1) is 0 Å². The maximum Gasteiger partial charge on any atom is 0.329 e. The molecule has 74 valence electrons. The van der Waals surface area contributed by atoms with Crippen LogP contribution in [0.25, 0.3) is 0 Å². The van der Waals surface area contributed by atoms with Crippen molar-refractivity contribution >= 4 is 5.97 Å². The predicted molar refractivity (Wildman–Crippen MR) is 49.9 cm³/mol. The maximum atomic E-state index is 11.0. The van der Waals surface area contributed by atoms with Gasteiger partial charge in [-0.1, -0.05) is 13.3 Å². The van der Waals surface area contributed by atoms with Gasteiger partial charge in [0.25, 0.3) is 0 Å².